The number of piperazine rings is 1. The van der Waals surface area contributed by atoms with Crippen LogP contribution in [0.1, 0.15) is 42.1 Å². The normalized spacial score (nSPS) is 23.9. The molecule has 0 saturated carbocycles. The van der Waals surface area contributed by atoms with Gasteiger partial charge >= 0.3 is 0 Å². The van der Waals surface area contributed by atoms with Crippen LogP contribution in [0.5, 0.6) is 0 Å². The molecular weight excluding hydrogens is 426 g/mol. The Kier molecular flexibility index (Phi) is 6.42. The SMILES string of the molecule is Cc1noc(C)c1C(=O)N1C[C@@H]2C[C@H](NS(C)(=O)=O)CN2C(=O)[C@@H]1CNC(=O)C(C)C. The molecule has 3 heterocycles. The lowest BCUT2D eigenvalue weighted by atomic mass is 10.0. The molecule has 3 rings (SSSR count). The van der Waals surface area contributed by atoms with Gasteiger partial charge in [-0.2, -0.15) is 0 Å². The van der Waals surface area contributed by atoms with E-state index in [9.17, 15) is 22.8 Å². The van der Waals surface area contributed by atoms with Crippen LogP contribution in [0.15, 0.2) is 4.52 Å². The summed E-state index contributed by atoms with van der Waals surface area (Å²) in [5, 5.41) is 6.57. The van der Waals surface area contributed by atoms with Crippen LogP contribution in [-0.4, -0.2) is 85.1 Å². The fourth-order valence-corrected chi connectivity index (χ4v) is 4.96. The van der Waals surface area contributed by atoms with Crippen molar-refractivity contribution in [3.63, 3.8) is 0 Å². The molecule has 0 aromatic carbocycles. The van der Waals surface area contributed by atoms with Crippen molar-refractivity contribution < 1.29 is 27.3 Å². The number of nitrogens with zero attached hydrogens (tertiary/aromatic N) is 3. The molecule has 2 saturated heterocycles. The minimum Gasteiger partial charge on any atom is -0.361 e. The van der Waals surface area contributed by atoms with Crippen LogP contribution >= 0.6 is 0 Å². The summed E-state index contributed by atoms with van der Waals surface area (Å²) in [5.74, 6) is -0.859. The second-order valence-electron chi connectivity index (χ2n) is 8.54. The molecule has 12 heteroatoms. The Bertz CT molecular complexity index is 968. The zero-order valence-corrected chi connectivity index (χ0v) is 19.2. The predicted octanol–water partition coefficient (Wildman–Crippen LogP) is -0.593. The average molecular weight is 456 g/mol. The summed E-state index contributed by atoms with van der Waals surface area (Å²) in [6.07, 6.45) is 1.47. The molecule has 3 atom stereocenters. The zero-order chi connectivity index (χ0) is 23.1. The van der Waals surface area contributed by atoms with Gasteiger partial charge in [-0.25, -0.2) is 13.1 Å². The van der Waals surface area contributed by atoms with E-state index in [1.54, 1.807) is 32.6 Å². The molecule has 2 N–H and O–H groups in total. The fraction of sp³-hybridized carbons (Fsp3) is 0.684. The summed E-state index contributed by atoms with van der Waals surface area (Å²) in [7, 11) is -3.44. The van der Waals surface area contributed by atoms with Crippen molar-refractivity contribution in [3.8, 4) is 0 Å². The highest BCUT2D eigenvalue weighted by Crippen LogP contribution is 2.28. The second kappa shape index (κ2) is 8.58. The topological polar surface area (TPSA) is 142 Å². The molecule has 11 nitrogen and oxygen atoms in total. The largest absolute Gasteiger partial charge is 0.361 e. The Labute approximate surface area is 181 Å². The highest BCUT2D eigenvalue weighted by molar-refractivity contribution is 7.88. The highest BCUT2D eigenvalue weighted by atomic mass is 32.2. The van der Waals surface area contributed by atoms with Gasteiger partial charge in [0.15, 0.2) is 0 Å². The van der Waals surface area contributed by atoms with E-state index in [1.807, 2.05) is 0 Å². The van der Waals surface area contributed by atoms with E-state index < -0.39 is 28.0 Å². The van der Waals surface area contributed by atoms with Crippen LogP contribution < -0.4 is 10.0 Å². The molecule has 0 unspecified atom stereocenters. The first-order chi connectivity index (χ1) is 14.4. The number of sulfonamides is 1. The maximum Gasteiger partial charge on any atom is 0.260 e. The molecule has 0 aliphatic carbocycles. The van der Waals surface area contributed by atoms with E-state index in [1.165, 1.54) is 4.90 Å². The Morgan fingerprint density at radius 2 is 1.94 bits per heavy atom. The van der Waals surface area contributed by atoms with Crippen molar-refractivity contribution in [2.75, 3.05) is 25.9 Å². The van der Waals surface area contributed by atoms with Gasteiger partial charge in [0.25, 0.3) is 5.91 Å². The fourth-order valence-electron chi connectivity index (χ4n) is 4.18. The Hall–Kier alpha value is -2.47. The lowest BCUT2D eigenvalue weighted by Crippen LogP contribution is -2.64. The maximum absolute atomic E-state index is 13.4. The lowest BCUT2D eigenvalue weighted by Gasteiger charge is -2.42. The summed E-state index contributed by atoms with van der Waals surface area (Å²) in [5.41, 5.74) is 0.718. The van der Waals surface area contributed by atoms with Gasteiger partial charge in [0, 0.05) is 31.6 Å². The minimum atomic E-state index is -3.44. The highest BCUT2D eigenvalue weighted by Gasteiger charge is 2.48. The van der Waals surface area contributed by atoms with E-state index in [4.69, 9.17) is 4.52 Å². The average Bonchev–Trinajstić information content (AvgIpc) is 3.20. The standard InChI is InChI=1S/C19H29N5O6S/c1-10(2)17(25)20-7-15-18(26)23-8-13(22-31(5,28)29)6-14(23)9-24(15)19(27)16-11(3)21-30-12(16)4/h10,13-15,22H,6-9H2,1-5H3,(H,20,25)/t13-,14-,15-/m0/s1. The Morgan fingerprint density at radius 1 is 1.26 bits per heavy atom. The second-order valence-corrected chi connectivity index (χ2v) is 10.3. The maximum atomic E-state index is 13.4. The third-order valence-electron chi connectivity index (χ3n) is 5.65. The zero-order valence-electron chi connectivity index (χ0n) is 18.3. The number of carbonyl (C=O) groups is 3. The Balaban J connectivity index is 1.88. The van der Waals surface area contributed by atoms with Crippen molar-refractivity contribution in [1.82, 2.24) is 25.0 Å². The van der Waals surface area contributed by atoms with Gasteiger partial charge in [-0.05, 0) is 20.3 Å². The van der Waals surface area contributed by atoms with Gasteiger partial charge in [-0.1, -0.05) is 19.0 Å². The first-order valence-electron chi connectivity index (χ1n) is 10.2. The number of rotatable bonds is 6. The lowest BCUT2D eigenvalue weighted by molar-refractivity contribution is -0.142. The summed E-state index contributed by atoms with van der Waals surface area (Å²) < 4.78 is 30.9. The quantitative estimate of drug-likeness (QED) is 0.584. The van der Waals surface area contributed by atoms with E-state index >= 15 is 0 Å². The molecule has 172 valence electrons. The van der Waals surface area contributed by atoms with Gasteiger partial charge in [-0.15, -0.1) is 0 Å². The van der Waals surface area contributed by atoms with Gasteiger partial charge in [-0.3, -0.25) is 14.4 Å². The molecule has 0 bridgehead atoms. The smallest absolute Gasteiger partial charge is 0.260 e. The van der Waals surface area contributed by atoms with Crippen LogP contribution in [0.4, 0.5) is 0 Å². The summed E-state index contributed by atoms with van der Waals surface area (Å²) >= 11 is 0. The molecule has 1 aromatic heterocycles. The number of fused-ring (bicyclic) bond motifs is 1. The molecule has 0 spiro atoms. The monoisotopic (exact) mass is 455 g/mol. The molecule has 1 aromatic rings. The molecule has 0 radical (unpaired) electrons. The third kappa shape index (κ3) is 4.90. The van der Waals surface area contributed by atoms with Crippen molar-refractivity contribution in [3.05, 3.63) is 17.0 Å². The number of aromatic nitrogens is 1. The molecule has 2 aliphatic heterocycles. The van der Waals surface area contributed by atoms with Gasteiger partial charge in [0.05, 0.1) is 18.0 Å². The first kappa shape index (κ1) is 23.2. The van der Waals surface area contributed by atoms with Crippen molar-refractivity contribution in [2.24, 2.45) is 5.92 Å². The van der Waals surface area contributed by atoms with Crippen LogP contribution in [0.25, 0.3) is 0 Å². The van der Waals surface area contributed by atoms with Gasteiger partial charge in [0.2, 0.25) is 21.8 Å². The predicted molar refractivity (Wildman–Crippen MR) is 111 cm³/mol. The number of aryl methyl sites for hydroxylation is 2. The molecular formula is C19H29N5O6S. The van der Waals surface area contributed by atoms with Crippen molar-refractivity contribution >= 4 is 27.7 Å². The third-order valence-corrected chi connectivity index (χ3v) is 6.41. The number of hydrogen-bond donors (Lipinski definition) is 2. The van der Waals surface area contributed by atoms with Gasteiger partial charge in [0.1, 0.15) is 17.4 Å². The van der Waals surface area contributed by atoms with Crippen molar-refractivity contribution in [2.45, 2.75) is 52.2 Å². The van der Waals surface area contributed by atoms with Gasteiger partial charge < -0.3 is 19.6 Å². The summed E-state index contributed by atoms with van der Waals surface area (Å²) in [6.45, 7) is 7.17. The molecule has 2 aliphatic rings. The minimum absolute atomic E-state index is 0.0294. The van der Waals surface area contributed by atoms with Crippen LogP contribution in [0, 0.1) is 19.8 Å². The van der Waals surface area contributed by atoms with Crippen molar-refractivity contribution in [1.29, 1.82) is 0 Å². The van der Waals surface area contributed by atoms with E-state index in [0.29, 0.717) is 23.4 Å². The van der Waals surface area contributed by atoms with Crippen LogP contribution in [0.3, 0.4) is 0 Å². The van der Waals surface area contributed by atoms with E-state index in [2.05, 4.69) is 15.2 Å². The molecule has 31 heavy (non-hydrogen) atoms. The number of hydrogen-bond acceptors (Lipinski definition) is 7. The molecule has 3 amide bonds. The molecule has 2 fully saturated rings. The first-order valence-corrected chi connectivity index (χ1v) is 12.1. The number of carbonyl (C=O) groups excluding carboxylic acids is 3. The summed E-state index contributed by atoms with van der Waals surface area (Å²) in [6, 6.07) is -1.66. The number of nitrogens with one attached hydrogen (secondary N) is 2. The van der Waals surface area contributed by atoms with Crippen LogP contribution in [-0.2, 0) is 19.6 Å². The Morgan fingerprint density at radius 3 is 2.48 bits per heavy atom. The summed E-state index contributed by atoms with van der Waals surface area (Å²) in [4.78, 5) is 41.8. The van der Waals surface area contributed by atoms with E-state index in [0.717, 1.165) is 6.26 Å². The number of amides is 3. The van der Waals surface area contributed by atoms with Crippen LogP contribution in [0.2, 0.25) is 0 Å². The van der Waals surface area contributed by atoms with E-state index in [-0.39, 0.29) is 43.4 Å².